The maximum Gasteiger partial charge on any atom is 0.323 e. The second-order valence-electron chi connectivity index (χ2n) is 9.13. The third kappa shape index (κ3) is 6.29. The molecule has 1 atom stereocenters. The molecule has 10 nitrogen and oxygen atoms in total. The highest BCUT2D eigenvalue weighted by molar-refractivity contribution is 5.95. The van der Waals surface area contributed by atoms with Crippen LogP contribution in [0.1, 0.15) is 29.8 Å². The number of benzene rings is 2. The second-order valence-corrected chi connectivity index (χ2v) is 9.13. The summed E-state index contributed by atoms with van der Waals surface area (Å²) in [6.07, 6.45) is 1.48. The van der Waals surface area contributed by atoms with Crippen molar-refractivity contribution in [2.24, 2.45) is 5.73 Å². The summed E-state index contributed by atoms with van der Waals surface area (Å²) in [5.74, 6) is 0.596. The van der Waals surface area contributed by atoms with Crippen molar-refractivity contribution in [2.45, 2.75) is 31.9 Å². The maximum absolute atomic E-state index is 11.6. The number of imidazole rings is 1. The molecule has 2 aromatic heterocycles. The largest absolute Gasteiger partial charge is 0.489 e. The Kier molecular flexibility index (Phi) is 7.37. The average molecular weight is 492 g/mol. The number of fused-ring (bicyclic) bond motifs is 1. The van der Waals surface area contributed by atoms with Crippen LogP contribution in [0.5, 0.6) is 17.4 Å². The van der Waals surface area contributed by atoms with Crippen LogP contribution < -0.4 is 26.2 Å². The number of aliphatic hydroxyl groups is 1. The molecule has 1 amide bonds. The highest BCUT2D eigenvalue weighted by Crippen LogP contribution is 2.24. The van der Waals surface area contributed by atoms with Gasteiger partial charge < -0.3 is 35.6 Å². The van der Waals surface area contributed by atoms with E-state index in [9.17, 15) is 14.7 Å². The minimum absolute atomic E-state index is 0.0717. The Bertz CT molecular complexity index is 1390. The van der Waals surface area contributed by atoms with Crippen molar-refractivity contribution in [1.29, 1.82) is 0 Å². The SMILES string of the molecule is CC(C)(Cc1ccc(Oc2ncccc2C(N)=O)cc1)NC[C@H](O)COc1cccc2[nH]c(=O)[nH]c12. The van der Waals surface area contributed by atoms with Gasteiger partial charge >= 0.3 is 5.69 Å². The number of β-amino-alcohol motifs (C(OH)–C–C–N with tert-alkyl or cyclic N) is 1. The summed E-state index contributed by atoms with van der Waals surface area (Å²) in [5.41, 5.74) is 7.26. The fraction of sp³-hybridized carbons (Fsp3) is 0.269. The van der Waals surface area contributed by atoms with E-state index in [-0.39, 0.29) is 29.3 Å². The summed E-state index contributed by atoms with van der Waals surface area (Å²) >= 11 is 0. The zero-order chi connectivity index (χ0) is 25.7. The van der Waals surface area contributed by atoms with Crippen LogP contribution in [-0.4, -0.2) is 50.8 Å². The number of primary amides is 1. The van der Waals surface area contributed by atoms with Crippen molar-refractivity contribution in [3.05, 3.63) is 82.4 Å². The summed E-state index contributed by atoms with van der Waals surface area (Å²) in [7, 11) is 0. The van der Waals surface area contributed by atoms with Gasteiger partial charge in [-0.25, -0.2) is 9.78 Å². The molecule has 0 fully saturated rings. The lowest BCUT2D eigenvalue weighted by atomic mass is 9.94. The predicted octanol–water partition coefficient (Wildman–Crippen LogP) is 2.49. The number of pyridine rings is 1. The van der Waals surface area contributed by atoms with Gasteiger partial charge in [-0.1, -0.05) is 18.2 Å². The van der Waals surface area contributed by atoms with Gasteiger partial charge in [0.25, 0.3) is 5.91 Å². The number of hydrogen-bond donors (Lipinski definition) is 5. The molecule has 0 saturated heterocycles. The number of rotatable bonds is 11. The monoisotopic (exact) mass is 491 g/mol. The molecule has 36 heavy (non-hydrogen) atoms. The smallest absolute Gasteiger partial charge is 0.323 e. The van der Waals surface area contributed by atoms with E-state index >= 15 is 0 Å². The van der Waals surface area contributed by atoms with Crippen molar-refractivity contribution in [2.75, 3.05) is 13.2 Å². The summed E-state index contributed by atoms with van der Waals surface area (Å²) < 4.78 is 11.5. The third-order valence-corrected chi connectivity index (χ3v) is 5.58. The number of nitrogens with two attached hydrogens (primary N) is 1. The molecule has 2 heterocycles. The van der Waals surface area contributed by atoms with Gasteiger partial charge in [-0.2, -0.15) is 0 Å². The van der Waals surface area contributed by atoms with E-state index in [4.69, 9.17) is 15.2 Å². The Hall–Kier alpha value is -4.15. The number of aromatic nitrogens is 3. The van der Waals surface area contributed by atoms with Crippen LogP contribution in [0.3, 0.4) is 0 Å². The summed E-state index contributed by atoms with van der Waals surface area (Å²) in [5, 5.41) is 13.8. The van der Waals surface area contributed by atoms with Gasteiger partial charge in [0.05, 0.1) is 5.52 Å². The quantitative estimate of drug-likeness (QED) is 0.216. The number of amides is 1. The van der Waals surface area contributed by atoms with Crippen LogP contribution in [-0.2, 0) is 6.42 Å². The zero-order valence-electron chi connectivity index (χ0n) is 20.1. The highest BCUT2D eigenvalue weighted by Gasteiger charge is 2.20. The van der Waals surface area contributed by atoms with Crippen LogP contribution >= 0.6 is 0 Å². The van der Waals surface area contributed by atoms with E-state index in [1.54, 1.807) is 42.5 Å². The van der Waals surface area contributed by atoms with E-state index in [0.29, 0.717) is 35.5 Å². The number of nitrogens with zero attached hydrogens (tertiary/aromatic N) is 1. The number of hydrogen-bond acceptors (Lipinski definition) is 7. The minimum Gasteiger partial charge on any atom is -0.489 e. The first kappa shape index (κ1) is 25.0. The fourth-order valence-electron chi connectivity index (χ4n) is 3.81. The van der Waals surface area contributed by atoms with Crippen LogP contribution in [0.15, 0.2) is 65.6 Å². The number of H-pyrrole nitrogens is 2. The van der Waals surface area contributed by atoms with Gasteiger partial charge in [0, 0.05) is 18.3 Å². The van der Waals surface area contributed by atoms with Gasteiger partial charge in [-0.05, 0) is 62.2 Å². The molecule has 4 rings (SSSR count). The number of carbonyl (C=O) groups excluding carboxylic acids is 1. The van der Waals surface area contributed by atoms with Crippen molar-refractivity contribution in [3.8, 4) is 17.4 Å². The number of para-hydroxylation sites is 1. The topological polar surface area (TPSA) is 155 Å². The Morgan fingerprint density at radius 3 is 2.67 bits per heavy atom. The Morgan fingerprint density at radius 1 is 1.14 bits per heavy atom. The highest BCUT2D eigenvalue weighted by atomic mass is 16.5. The molecule has 0 saturated carbocycles. The molecule has 0 bridgehead atoms. The molecule has 0 radical (unpaired) electrons. The molecule has 0 aliphatic heterocycles. The Labute approximate surface area is 207 Å². The van der Waals surface area contributed by atoms with Gasteiger partial charge in [-0.15, -0.1) is 0 Å². The van der Waals surface area contributed by atoms with Crippen LogP contribution in [0.4, 0.5) is 0 Å². The molecular formula is C26H29N5O5. The lowest BCUT2D eigenvalue weighted by Gasteiger charge is -2.28. The molecule has 0 aliphatic rings. The lowest BCUT2D eigenvalue weighted by molar-refractivity contribution is 0.0994. The molecule has 4 aromatic rings. The molecule has 188 valence electrons. The normalized spacial score (nSPS) is 12.4. The minimum atomic E-state index is -0.751. The molecule has 10 heteroatoms. The summed E-state index contributed by atoms with van der Waals surface area (Å²) in [6.45, 7) is 4.48. The molecule has 0 spiro atoms. The fourth-order valence-corrected chi connectivity index (χ4v) is 3.81. The van der Waals surface area contributed by atoms with Crippen LogP contribution in [0.2, 0.25) is 0 Å². The molecular weight excluding hydrogens is 462 g/mol. The number of aliphatic hydroxyl groups excluding tert-OH is 1. The van der Waals surface area contributed by atoms with E-state index in [1.807, 2.05) is 26.0 Å². The van der Waals surface area contributed by atoms with Crippen LogP contribution in [0.25, 0.3) is 11.0 Å². The molecule has 0 unspecified atom stereocenters. The van der Waals surface area contributed by atoms with Crippen molar-refractivity contribution in [1.82, 2.24) is 20.3 Å². The van der Waals surface area contributed by atoms with Crippen molar-refractivity contribution >= 4 is 16.9 Å². The summed E-state index contributed by atoms with van der Waals surface area (Å²) in [4.78, 5) is 32.5. The first-order valence-electron chi connectivity index (χ1n) is 11.5. The van der Waals surface area contributed by atoms with Gasteiger partial charge in [-0.3, -0.25) is 4.79 Å². The van der Waals surface area contributed by atoms with Crippen molar-refractivity contribution in [3.63, 3.8) is 0 Å². The predicted molar refractivity (Wildman–Crippen MR) is 135 cm³/mol. The average Bonchev–Trinajstić information content (AvgIpc) is 3.23. The van der Waals surface area contributed by atoms with E-state index in [2.05, 4.69) is 20.3 Å². The lowest BCUT2D eigenvalue weighted by Crippen LogP contribution is -2.46. The molecule has 6 N–H and O–H groups in total. The van der Waals surface area contributed by atoms with Gasteiger partial charge in [0.2, 0.25) is 5.88 Å². The number of nitrogens with one attached hydrogen (secondary N) is 3. The number of ether oxygens (including phenoxy) is 2. The Balaban J connectivity index is 1.28. The van der Waals surface area contributed by atoms with E-state index < -0.39 is 12.0 Å². The van der Waals surface area contributed by atoms with E-state index in [0.717, 1.165) is 5.56 Å². The standard InChI is InChI=1S/C26H29N5O5/c1-26(2,29-14-17(32)15-35-21-7-3-6-20-22(21)31-25(34)30-20)13-16-8-10-18(11-9-16)36-24-19(23(27)33)5-4-12-28-24/h3-12,17,29,32H,13-15H2,1-2H3,(H2,27,33)(H2,30,31,34)/t17-/m0/s1. The van der Waals surface area contributed by atoms with Crippen molar-refractivity contribution < 1.29 is 19.4 Å². The third-order valence-electron chi connectivity index (χ3n) is 5.58. The van der Waals surface area contributed by atoms with Gasteiger partial charge in [0.15, 0.2) is 0 Å². The Morgan fingerprint density at radius 2 is 1.92 bits per heavy atom. The summed E-state index contributed by atoms with van der Waals surface area (Å²) in [6, 6.07) is 16.0. The maximum atomic E-state index is 11.6. The molecule has 0 aliphatic carbocycles. The zero-order valence-corrected chi connectivity index (χ0v) is 20.1. The van der Waals surface area contributed by atoms with Crippen LogP contribution in [0, 0.1) is 0 Å². The number of aromatic amines is 2. The first-order valence-corrected chi connectivity index (χ1v) is 11.5. The first-order chi connectivity index (χ1) is 17.2. The van der Waals surface area contributed by atoms with E-state index in [1.165, 1.54) is 6.20 Å². The number of carbonyl (C=O) groups is 1. The second kappa shape index (κ2) is 10.6. The molecule has 2 aromatic carbocycles. The van der Waals surface area contributed by atoms with Gasteiger partial charge in [0.1, 0.15) is 35.3 Å².